The highest BCUT2D eigenvalue weighted by Gasteiger charge is 2.50. The smallest absolute Gasteiger partial charge is 0.185 e. The predicted octanol–water partition coefficient (Wildman–Crippen LogP) is 8.53. The lowest BCUT2D eigenvalue weighted by atomic mass is 9.68. The number of carbonyl (C=O) groups excluding carboxylic acids is 1. The molecule has 0 bridgehead atoms. The standard InChI is InChI=1S/C33H32N2OS/c1-31(2,3)24-19-33(20-25(28(24)36)32(4,5)6)23-17-18-37-29(23)30-34-26(21-13-9-7-10-14-21)27(35(30)33)22-15-11-8-12-16-22/h7-20H,1-6H3. The van der Waals surface area contributed by atoms with Gasteiger partial charge in [-0.15, -0.1) is 11.3 Å². The molecule has 37 heavy (non-hydrogen) atoms. The highest BCUT2D eigenvalue weighted by atomic mass is 32.1. The summed E-state index contributed by atoms with van der Waals surface area (Å²) in [5.74, 6) is 1.12. The van der Waals surface area contributed by atoms with Crippen LogP contribution in [0.5, 0.6) is 0 Å². The molecule has 1 aliphatic carbocycles. The Hall–Kier alpha value is -3.50. The van der Waals surface area contributed by atoms with Gasteiger partial charge in [-0.1, -0.05) is 102 Å². The normalized spacial score (nSPS) is 16.4. The third kappa shape index (κ3) is 3.53. The van der Waals surface area contributed by atoms with Crippen LogP contribution in [0.25, 0.3) is 33.2 Å². The highest BCUT2D eigenvalue weighted by Crippen LogP contribution is 2.56. The quantitative estimate of drug-likeness (QED) is 0.274. The van der Waals surface area contributed by atoms with Crippen LogP contribution in [0.1, 0.15) is 47.1 Å². The second kappa shape index (κ2) is 8.00. The van der Waals surface area contributed by atoms with E-state index >= 15 is 0 Å². The van der Waals surface area contributed by atoms with E-state index in [1.807, 2.05) is 12.1 Å². The van der Waals surface area contributed by atoms with Gasteiger partial charge in [-0.2, -0.15) is 0 Å². The zero-order valence-corrected chi connectivity index (χ0v) is 23.1. The number of fused-ring (bicyclic) bond motifs is 5. The molecule has 0 unspecified atom stereocenters. The van der Waals surface area contributed by atoms with Crippen LogP contribution in [-0.4, -0.2) is 15.3 Å². The van der Waals surface area contributed by atoms with Gasteiger partial charge in [-0.05, 0) is 34.4 Å². The molecule has 2 aromatic carbocycles. The molecule has 6 rings (SSSR count). The molecule has 186 valence electrons. The van der Waals surface area contributed by atoms with E-state index in [0.29, 0.717) is 0 Å². The Morgan fingerprint density at radius 3 is 1.84 bits per heavy atom. The molecule has 0 saturated carbocycles. The summed E-state index contributed by atoms with van der Waals surface area (Å²) in [6.07, 6.45) is 4.46. The van der Waals surface area contributed by atoms with Crippen LogP contribution in [0.4, 0.5) is 0 Å². The van der Waals surface area contributed by atoms with Gasteiger partial charge in [0.15, 0.2) is 11.6 Å². The van der Waals surface area contributed by atoms with Gasteiger partial charge in [0.05, 0.1) is 16.3 Å². The Labute approximate surface area is 223 Å². The minimum absolute atomic E-state index is 0.153. The SMILES string of the molecule is CC(C)(C)C1=CC2(C=C(C(C)(C)C)C1=O)c1ccsc1-c1nc(-c3ccccc3)c(-c3ccccc3)n12. The van der Waals surface area contributed by atoms with Crippen molar-refractivity contribution in [2.24, 2.45) is 10.8 Å². The van der Waals surface area contributed by atoms with Gasteiger partial charge in [0.25, 0.3) is 0 Å². The van der Waals surface area contributed by atoms with Crippen LogP contribution in [0.2, 0.25) is 0 Å². The van der Waals surface area contributed by atoms with Crippen LogP contribution in [-0.2, 0) is 10.3 Å². The fourth-order valence-corrected chi connectivity index (χ4v) is 6.61. The Kier molecular flexibility index (Phi) is 5.16. The average molecular weight is 505 g/mol. The van der Waals surface area contributed by atoms with Gasteiger partial charge in [0.1, 0.15) is 5.54 Å². The second-order valence-corrected chi connectivity index (χ2v) is 13.1. The van der Waals surface area contributed by atoms with E-state index in [0.717, 1.165) is 39.5 Å². The first kappa shape index (κ1) is 23.9. The number of hydrogen-bond donors (Lipinski definition) is 0. The number of ketones is 1. The van der Waals surface area contributed by atoms with Crippen LogP contribution < -0.4 is 0 Å². The van der Waals surface area contributed by atoms with E-state index in [2.05, 4.69) is 118 Å². The van der Waals surface area contributed by atoms with Crippen LogP contribution >= 0.6 is 11.3 Å². The maximum absolute atomic E-state index is 13.9. The summed E-state index contributed by atoms with van der Waals surface area (Å²) in [5.41, 5.74) is 5.93. The van der Waals surface area contributed by atoms with Crippen molar-refractivity contribution in [1.29, 1.82) is 0 Å². The molecule has 2 aliphatic rings. The molecule has 0 N–H and O–H groups in total. The summed E-state index contributed by atoms with van der Waals surface area (Å²) >= 11 is 1.73. The number of hydrogen-bond acceptors (Lipinski definition) is 3. The summed E-state index contributed by atoms with van der Waals surface area (Å²) in [7, 11) is 0. The molecule has 1 aliphatic heterocycles. The predicted molar refractivity (Wildman–Crippen MR) is 154 cm³/mol. The minimum atomic E-state index is -0.630. The molecule has 0 radical (unpaired) electrons. The summed E-state index contributed by atoms with van der Waals surface area (Å²) in [4.78, 5) is 20.4. The Bertz CT molecular complexity index is 1550. The van der Waals surface area contributed by atoms with E-state index in [-0.39, 0.29) is 16.6 Å². The van der Waals surface area contributed by atoms with Gasteiger partial charge in [0, 0.05) is 27.8 Å². The maximum Gasteiger partial charge on any atom is 0.185 e. The zero-order valence-electron chi connectivity index (χ0n) is 22.3. The number of aromatic nitrogens is 2. The molecule has 3 heterocycles. The van der Waals surface area contributed by atoms with Crippen molar-refractivity contribution < 1.29 is 4.79 Å². The molecular weight excluding hydrogens is 472 g/mol. The number of thiophene rings is 1. The minimum Gasteiger partial charge on any atom is -0.305 e. The molecular formula is C33H32N2OS. The molecule has 4 heteroatoms. The number of benzene rings is 2. The van der Waals surface area contributed by atoms with Crippen LogP contribution in [0.3, 0.4) is 0 Å². The van der Waals surface area contributed by atoms with Crippen molar-refractivity contribution in [2.45, 2.75) is 47.1 Å². The topological polar surface area (TPSA) is 34.9 Å². The molecule has 2 aromatic heterocycles. The Balaban J connectivity index is 1.78. The third-order valence-corrected chi connectivity index (χ3v) is 8.39. The third-order valence-electron chi connectivity index (χ3n) is 7.48. The number of imidazole rings is 1. The van der Waals surface area contributed by atoms with Crippen LogP contribution in [0.15, 0.2) is 95.4 Å². The Morgan fingerprint density at radius 2 is 1.30 bits per heavy atom. The van der Waals surface area contributed by atoms with Gasteiger partial charge in [0.2, 0.25) is 0 Å². The van der Waals surface area contributed by atoms with Crippen LogP contribution in [0, 0.1) is 10.8 Å². The zero-order chi connectivity index (χ0) is 26.2. The first-order valence-electron chi connectivity index (χ1n) is 12.9. The van der Waals surface area contributed by atoms with E-state index in [1.54, 1.807) is 11.3 Å². The number of allylic oxidation sites excluding steroid dienone is 4. The monoisotopic (exact) mass is 504 g/mol. The Morgan fingerprint density at radius 1 is 0.757 bits per heavy atom. The molecule has 0 saturated heterocycles. The van der Waals surface area contributed by atoms with Crippen molar-refractivity contribution in [1.82, 2.24) is 9.55 Å². The molecule has 3 nitrogen and oxygen atoms in total. The van der Waals surface area contributed by atoms with Crippen molar-refractivity contribution in [3.8, 4) is 33.2 Å². The number of nitrogens with zero attached hydrogens (tertiary/aromatic N) is 2. The summed E-state index contributed by atoms with van der Waals surface area (Å²) in [6, 6.07) is 23.2. The van der Waals surface area contributed by atoms with Gasteiger partial charge < -0.3 is 4.57 Å². The number of carbonyl (C=O) groups is 1. The van der Waals surface area contributed by atoms with E-state index < -0.39 is 5.54 Å². The summed E-state index contributed by atoms with van der Waals surface area (Å²) in [5, 5.41) is 2.15. The molecule has 0 amide bonds. The number of Topliss-reactive ketones (excluding diaryl/α,β-unsaturated/α-hetero) is 1. The number of rotatable bonds is 2. The van der Waals surface area contributed by atoms with E-state index in [1.165, 1.54) is 10.4 Å². The fraction of sp³-hybridized carbons (Fsp3) is 0.273. The van der Waals surface area contributed by atoms with E-state index in [9.17, 15) is 4.79 Å². The first-order chi connectivity index (χ1) is 17.5. The van der Waals surface area contributed by atoms with Crippen molar-refractivity contribution in [3.63, 3.8) is 0 Å². The van der Waals surface area contributed by atoms with Gasteiger partial charge in [-0.3, -0.25) is 4.79 Å². The average Bonchev–Trinajstić information content (AvgIpc) is 3.54. The highest BCUT2D eigenvalue weighted by molar-refractivity contribution is 7.13. The molecule has 1 spiro atoms. The summed E-state index contributed by atoms with van der Waals surface area (Å²) < 4.78 is 2.40. The molecule has 4 aromatic rings. The van der Waals surface area contributed by atoms with Gasteiger partial charge >= 0.3 is 0 Å². The van der Waals surface area contributed by atoms with Crippen molar-refractivity contribution >= 4 is 17.1 Å². The van der Waals surface area contributed by atoms with Crippen molar-refractivity contribution in [2.75, 3.05) is 0 Å². The van der Waals surface area contributed by atoms with E-state index in [4.69, 9.17) is 4.98 Å². The molecule has 0 fully saturated rings. The largest absolute Gasteiger partial charge is 0.305 e. The lowest BCUT2D eigenvalue weighted by Crippen LogP contribution is -2.38. The maximum atomic E-state index is 13.9. The van der Waals surface area contributed by atoms with Gasteiger partial charge in [-0.25, -0.2) is 4.98 Å². The fourth-order valence-electron chi connectivity index (χ4n) is 5.67. The summed E-state index contributed by atoms with van der Waals surface area (Å²) in [6.45, 7) is 12.8. The second-order valence-electron chi connectivity index (χ2n) is 12.1. The van der Waals surface area contributed by atoms with Crippen molar-refractivity contribution in [3.05, 3.63) is 101 Å². The molecule has 0 atom stereocenters. The lowest BCUT2D eigenvalue weighted by Gasteiger charge is -2.39. The first-order valence-corrected chi connectivity index (χ1v) is 13.7. The lowest BCUT2D eigenvalue weighted by molar-refractivity contribution is -0.114.